The van der Waals surface area contributed by atoms with Gasteiger partial charge in [-0.05, 0) is 36.8 Å². The summed E-state index contributed by atoms with van der Waals surface area (Å²) in [5.41, 5.74) is 2.16. The number of aromatic nitrogens is 4. The highest BCUT2D eigenvalue weighted by Crippen LogP contribution is 2.35. The number of benzene rings is 1. The summed E-state index contributed by atoms with van der Waals surface area (Å²) < 4.78 is 6.94. The van der Waals surface area contributed by atoms with E-state index in [0.29, 0.717) is 23.0 Å². The van der Waals surface area contributed by atoms with Crippen molar-refractivity contribution in [3.8, 4) is 5.75 Å². The number of hydrogen-bond acceptors (Lipinski definition) is 6. The van der Waals surface area contributed by atoms with E-state index in [2.05, 4.69) is 25.7 Å². The molecule has 1 aliphatic rings. The maximum absolute atomic E-state index is 13.1. The van der Waals surface area contributed by atoms with Crippen LogP contribution in [0.4, 0.5) is 11.8 Å². The third kappa shape index (κ3) is 3.12. The second-order valence-corrected chi connectivity index (χ2v) is 6.04. The number of carbonyl (C=O) groups is 1. The van der Waals surface area contributed by atoms with Crippen molar-refractivity contribution in [1.29, 1.82) is 0 Å². The minimum absolute atomic E-state index is 0.249. The van der Waals surface area contributed by atoms with Crippen LogP contribution in [0.2, 0.25) is 0 Å². The summed E-state index contributed by atoms with van der Waals surface area (Å²) in [4.78, 5) is 21.5. The first kappa shape index (κ1) is 16.8. The molecule has 3 heterocycles. The van der Waals surface area contributed by atoms with Crippen molar-refractivity contribution in [3.05, 3.63) is 71.8 Å². The lowest BCUT2D eigenvalue weighted by atomic mass is 9.95. The summed E-state index contributed by atoms with van der Waals surface area (Å²) >= 11 is 0. The summed E-state index contributed by atoms with van der Waals surface area (Å²) in [6, 6.07) is 12.5. The van der Waals surface area contributed by atoms with Crippen LogP contribution in [0, 0.1) is 0 Å². The summed E-state index contributed by atoms with van der Waals surface area (Å²) in [6.07, 6.45) is 3.10. The molecular weight excluding hydrogens is 344 g/mol. The molecule has 0 fully saturated rings. The first-order chi connectivity index (χ1) is 13.2. The quantitative estimate of drug-likeness (QED) is 0.741. The third-order valence-electron chi connectivity index (χ3n) is 4.38. The summed E-state index contributed by atoms with van der Waals surface area (Å²) in [6.45, 7) is 1.85. The lowest BCUT2D eigenvalue weighted by Crippen LogP contribution is -2.31. The Labute approximate surface area is 155 Å². The molecule has 0 saturated heterocycles. The van der Waals surface area contributed by atoms with E-state index in [1.54, 1.807) is 30.1 Å². The van der Waals surface area contributed by atoms with Crippen LogP contribution >= 0.6 is 0 Å². The minimum Gasteiger partial charge on any atom is -0.497 e. The van der Waals surface area contributed by atoms with Gasteiger partial charge >= 0.3 is 0 Å². The maximum Gasteiger partial charge on any atom is 0.257 e. The van der Waals surface area contributed by atoms with Gasteiger partial charge in [0.05, 0.1) is 12.7 Å². The van der Waals surface area contributed by atoms with Gasteiger partial charge in [0.1, 0.15) is 23.9 Å². The van der Waals surface area contributed by atoms with Gasteiger partial charge in [0.2, 0.25) is 5.95 Å². The smallest absolute Gasteiger partial charge is 0.257 e. The highest BCUT2D eigenvalue weighted by molar-refractivity contribution is 6.05. The van der Waals surface area contributed by atoms with Gasteiger partial charge in [-0.2, -0.15) is 10.1 Å². The fourth-order valence-electron chi connectivity index (χ4n) is 3.10. The van der Waals surface area contributed by atoms with Crippen molar-refractivity contribution in [2.45, 2.75) is 13.0 Å². The minimum atomic E-state index is -0.418. The van der Waals surface area contributed by atoms with Crippen molar-refractivity contribution in [3.63, 3.8) is 0 Å². The van der Waals surface area contributed by atoms with E-state index in [-0.39, 0.29) is 5.91 Å². The Morgan fingerprint density at radius 2 is 2.00 bits per heavy atom. The predicted molar refractivity (Wildman–Crippen MR) is 100 cm³/mol. The third-order valence-corrected chi connectivity index (χ3v) is 4.38. The molecule has 1 atom stereocenters. The van der Waals surface area contributed by atoms with Crippen LogP contribution < -0.4 is 15.4 Å². The van der Waals surface area contributed by atoms with Crippen LogP contribution in [0.5, 0.6) is 5.75 Å². The molecule has 4 rings (SSSR count). The summed E-state index contributed by atoms with van der Waals surface area (Å²) in [5, 5.41) is 10.3. The van der Waals surface area contributed by atoms with E-state index >= 15 is 0 Å². The van der Waals surface area contributed by atoms with E-state index in [1.165, 1.54) is 6.33 Å². The predicted octanol–water partition coefficient (Wildman–Crippen LogP) is 2.61. The van der Waals surface area contributed by atoms with Crippen LogP contribution in [0.15, 0.2) is 66.3 Å². The van der Waals surface area contributed by atoms with Gasteiger partial charge in [0.25, 0.3) is 5.91 Å². The number of allylic oxidation sites excluding steroid dienone is 1. The Morgan fingerprint density at radius 1 is 1.19 bits per heavy atom. The SMILES string of the molecule is COc1ccc([C@H]2C(C(=O)Nc3ccccn3)=C(C)Nc3ncnn32)cc1. The molecule has 1 aromatic carbocycles. The molecule has 27 heavy (non-hydrogen) atoms. The molecular formula is C19H18N6O2. The second-order valence-electron chi connectivity index (χ2n) is 6.04. The Bertz CT molecular complexity index is 995. The molecule has 136 valence electrons. The van der Waals surface area contributed by atoms with Crippen LogP contribution in [0.1, 0.15) is 18.5 Å². The molecule has 0 bridgehead atoms. The van der Waals surface area contributed by atoms with E-state index < -0.39 is 6.04 Å². The highest BCUT2D eigenvalue weighted by atomic mass is 16.5. The molecule has 1 aliphatic heterocycles. The number of nitrogens with one attached hydrogen (secondary N) is 2. The number of carbonyl (C=O) groups excluding carboxylic acids is 1. The summed E-state index contributed by atoms with van der Waals surface area (Å²) in [5.74, 6) is 1.57. The van der Waals surface area contributed by atoms with Gasteiger partial charge in [0, 0.05) is 11.9 Å². The van der Waals surface area contributed by atoms with Crippen LogP contribution in [0.3, 0.4) is 0 Å². The Kier molecular flexibility index (Phi) is 4.29. The molecule has 0 spiro atoms. The number of fused-ring (bicyclic) bond motifs is 1. The topological polar surface area (TPSA) is 94.0 Å². The van der Waals surface area contributed by atoms with Crippen molar-refractivity contribution in [2.75, 3.05) is 17.7 Å². The first-order valence-corrected chi connectivity index (χ1v) is 8.41. The fraction of sp³-hybridized carbons (Fsp3) is 0.158. The Hall–Kier alpha value is -3.68. The maximum atomic E-state index is 13.1. The highest BCUT2D eigenvalue weighted by Gasteiger charge is 2.33. The number of anilines is 2. The Morgan fingerprint density at radius 3 is 2.70 bits per heavy atom. The van der Waals surface area contributed by atoms with Gasteiger partial charge in [-0.3, -0.25) is 4.79 Å². The monoisotopic (exact) mass is 362 g/mol. The Balaban J connectivity index is 1.75. The standard InChI is InChI=1S/C19H18N6O2/c1-12-16(18(26)24-15-5-3-4-10-20-15)17(25-19(23-12)21-11-22-25)13-6-8-14(27-2)9-7-13/h3-11,17H,1-2H3,(H,20,24,26)(H,21,22,23)/t17-/m0/s1. The largest absolute Gasteiger partial charge is 0.497 e. The van der Waals surface area contributed by atoms with Crippen molar-refractivity contribution in [1.82, 2.24) is 19.7 Å². The number of amides is 1. The zero-order valence-corrected chi connectivity index (χ0v) is 14.9. The van der Waals surface area contributed by atoms with Crippen molar-refractivity contribution < 1.29 is 9.53 Å². The van der Waals surface area contributed by atoms with Gasteiger partial charge in [0.15, 0.2) is 0 Å². The normalized spacial score (nSPS) is 15.7. The first-order valence-electron chi connectivity index (χ1n) is 8.41. The average Bonchev–Trinajstić information content (AvgIpc) is 3.15. The molecule has 0 radical (unpaired) electrons. The number of rotatable bonds is 4. The fourth-order valence-corrected chi connectivity index (χ4v) is 3.10. The molecule has 8 nitrogen and oxygen atoms in total. The van der Waals surface area contributed by atoms with Crippen LogP contribution in [-0.2, 0) is 4.79 Å². The second kappa shape index (κ2) is 6.91. The number of nitrogens with zero attached hydrogens (tertiary/aromatic N) is 4. The van der Waals surface area contributed by atoms with Gasteiger partial charge in [-0.15, -0.1) is 0 Å². The van der Waals surface area contributed by atoms with Crippen molar-refractivity contribution in [2.24, 2.45) is 0 Å². The number of pyridine rings is 1. The molecule has 0 saturated carbocycles. The lowest BCUT2D eigenvalue weighted by Gasteiger charge is -2.28. The molecule has 3 aromatic rings. The molecule has 8 heteroatoms. The van der Waals surface area contributed by atoms with Crippen LogP contribution in [-0.4, -0.2) is 32.8 Å². The molecule has 0 aliphatic carbocycles. The van der Waals surface area contributed by atoms with Gasteiger partial charge < -0.3 is 15.4 Å². The van der Waals surface area contributed by atoms with E-state index in [4.69, 9.17) is 4.74 Å². The average molecular weight is 362 g/mol. The molecule has 1 amide bonds. The molecule has 2 N–H and O–H groups in total. The van der Waals surface area contributed by atoms with Crippen molar-refractivity contribution >= 4 is 17.7 Å². The van der Waals surface area contributed by atoms with Gasteiger partial charge in [-0.25, -0.2) is 9.67 Å². The molecule has 2 aromatic heterocycles. The van der Waals surface area contributed by atoms with E-state index in [1.807, 2.05) is 37.3 Å². The molecule has 0 unspecified atom stereocenters. The summed E-state index contributed by atoms with van der Waals surface area (Å²) in [7, 11) is 1.62. The number of methoxy groups -OCH3 is 1. The number of ether oxygens (including phenoxy) is 1. The van der Waals surface area contributed by atoms with Gasteiger partial charge in [-0.1, -0.05) is 18.2 Å². The lowest BCUT2D eigenvalue weighted by molar-refractivity contribution is -0.113. The van der Waals surface area contributed by atoms with E-state index in [9.17, 15) is 4.79 Å². The van der Waals surface area contributed by atoms with Crippen LogP contribution in [0.25, 0.3) is 0 Å². The number of hydrogen-bond donors (Lipinski definition) is 2. The zero-order chi connectivity index (χ0) is 18.8. The van der Waals surface area contributed by atoms with E-state index in [0.717, 1.165) is 11.3 Å². The zero-order valence-electron chi connectivity index (χ0n) is 14.9.